The molecule has 68 heavy (non-hydrogen) atoms. The molecule has 0 fully saturated rings. The van der Waals surface area contributed by atoms with Crippen LogP contribution in [-0.4, -0.2) is 0 Å². The Morgan fingerprint density at radius 1 is 0.309 bits per heavy atom. The number of benzene rings is 11. The lowest BCUT2D eigenvalue weighted by Gasteiger charge is -2.35. The lowest BCUT2D eigenvalue weighted by Crippen LogP contribution is -2.28. The number of furan rings is 2. The molecule has 0 N–H and O–H groups in total. The quantitative estimate of drug-likeness (QED) is 0.160. The zero-order valence-electron chi connectivity index (χ0n) is 36.9. The average Bonchev–Trinajstić information content (AvgIpc) is 4.08. The number of rotatable bonds is 7. The molecule has 14 rings (SSSR count). The van der Waals surface area contributed by atoms with Crippen molar-refractivity contribution < 1.29 is 8.83 Å². The Hall–Kier alpha value is -8.92. The molecule has 1 aliphatic carbocycles. The monoisotopic (exact) mass is 867 g/mol. The van der Waals surface area contributed by atoms with Crippen molar-refractivity contribution in [3.05, 3.63) is 271 Å². The molecule has 0 unspecified atom stereocenters. The highest BCUT2D eigenvalue weighted by Gasteiger charge is 2.46. The van der Waals surface area contributed by atoms with E-state index in [1.807, 2.05) is 0 Å². The van der Waals surface area contributed by atoms with E-state index in [2.05, 4.69) is 254 Å². The lowest BCUT2D eigenvalue weighted by atomic mass is 9.67. The van der Waals surface area contributed by atoms with E-state index in [4.69, 9.17) is 8.83 Å². The first-order chi connectivity index (χ1) is 33.7. The van der Waals surface area contributed by atoms with Crippen molar-refractivity contribution in [3.63, 3.8) is 0 Å². The molecule has 0 saturated carbocycles. The van der Waals surface area contributed by atoms with Gasteiger partial charge in [0.1, 0.15) is 22.3 Å². The van der Waals surface area contributed by atoms with Gasteiger partial charge in [-0.2, -0.15) is 0 Å². The first kappa shape index (κ1) is 38.4. The van der Waals surface area contributed by atoms with Crippen LogP contribution in [0.15, 0.2) is 258 Å². The summed E-state index contributed by atoms with van der Waals surface area (Å²) in [5.74, 6) is 0. The van der Waals surface area contributed by atoms with E-state index in [-0.39, 0.29) is 0 Å². The lowest BCUT2D eigenvalue weighted by molar-refractivity contribution is 0.668. The highest BCUT2D eigenvalue weighted by atomic mass is 16.3. The molecule has 0 aliphatic heterocycles. The molecule has 11 aromatic carbocycles. The van der Waals surface area contributed by atoms with Crippen molar-refractivity contribution >= 4 is 71.7 Å². The molecule has 2 aromatic heterocycles. The van der Waals surface area contributed by atoms with Crippen LogP contribution in [0.25, 0.3) is 88.0 Å². The smallest absolute Gasteiger partial charge is 0.137 e. The Morgan fingerprint density at radius 3 is 1.66 bits per heavy atom. The first-order valence-electron chi connectivity index (χ1n) is 23.3. The molecule has 2 heterocycles. The molecule has 0 atom stereocenters. The molecule has 3 heteroatoms. The van der Waals surface area contributed by atoms with Crippen molar-refractivity contribution in [2.75, 3.05) is 4.90 Å². The van der Waals surface area contributed by atoms with E-state index in [0.29, 0.717) is 0 Å². The third kappa shape index (κ3) is 5.66. The van der Waals surface area contributed by atoms with Gasteiger partial charge in [-0.3, -0.25) is 0 Å². The summed E-state index contributed by atoms with van der Waals surface area (Å²) in [7, 11) is 0. The fraction of sp³-hybridized carbons (Fsp3) is 0.0154. The third-order valence-corrected chi connectivity index (χ3v) is 14.3. The summed E-state index contributed by atoms with van der Waals surface area (Å²) in [6, 6.07) is 90.1. The van der Waals surface area contributed by atoms with Crippen molar-refractivity contribution in [3.8, 4) is 33.4 Å². The van der Waals surface area contributed by atoms with Crippen LogP contribution in [0.5, 0.6) is 0 Å². The molecule has 0 spiro atoms. The molecular formula is C65H41NO2. The van der Waals surface area contributed by atoms with Gasteiger partial charge in [0, 0.05) is 27.5 Å². The van der Waals surface area contributed by atoms with Crippen molar-refractivity contribution in [2.24, 2.45) is 0 Å². The van der Waals surface area contributed by atoms with Gasteiger partial charge >= 0.3 is 0 Å². The second-order valence-corrected chi connectivity index (χ2v) is 17.9. The highest BCUT2D eigenvalue weighted by molar-refractivity contribution is 6.17. The van der Waals surface area contributed by atoms with Crippen LogP contribution >= 0.6 is 0 Å². The number of fused-ring (bicyclic) bond motifs is 10. The van der Waals surface area contributed by atoms with E-state index in [1.165, 1.54) is 49.7 Å². The van der Waals surface area contributed by atoms with Gasteiger partial charge in [-0.15, -0.1) is 0 Å². The minimum Gasteiger partial charge on any atom is -0.456 e. The SMILES string of the molecule is c1ccc(-c2cccc3oc4ccc(N(c5cccc(C6(c7ccccc7)c7ccccc7-c7ccccc76)c5)c5cccc6oc7ccc(-c8cccc9ccccc89)cc7c56)cc4c23)cc1. The second kappa shape index (κ2) is 15.1. The van der Waals surface area contributed by atoms with Gasteiger partial charge in [0.2, 0.25) is 0 Å². The Balaban J connectivity index is 1.05. The Bertz CT molecular complexity index is 4050. The fourth-order valence-electron chi connectivity index (χ4n) is 11.5. The predicted molar refractivity (Wildman–Crippen MR) is 281 cm³/mol. The normalized spacial score (nSPS) is 12.8. The Labute approximate surface area is 393 Å². The topological polar surface area (TPSA) is 29.5 Å². The minimum atomic E-state index is -0.576. The number of hydrogen-bond donors (Lipinski definition) is 0. The van der Waals surface area contributed by atoms with Crippen LogP contribution in [-0.2, 0) is 5.41 Å². The number of hydrogen-bond acceptors (Lipinski definition) is 3. The molecular weight excluding hydrogens is 827 g/mol. The molecule has 3 nitrogen and oxygen atoms in total. The van der Waals surface area contributed by atoms with Gasteiger partial charge < -0.3 is 13.7 Å². The third-order valence-electron chi connectivity index (χ3n) is 14.3. The Kier molecular flexibility index (Phi) is 8.50. The zero-order chi connectivity index (χ0) is 44.8. The van der Waals surface area contributed by atoms with Crippen LogP contribution in [0, 0.1) is 0 Å². The Morgan fingerprint density at radius 2 is 0.868 bits per heavy atom. The average molecular weight is 868 g/mol. The van der Waals surface area contributed by atoms with E-state index >= 15 is 0 Å². The van der Waals surface area contributed by atoms with Crippen LogP contribution in [0.3, 0.4) is 0 Å². The van der Waals surface area contributed by atoms with Gasteiger partial charge in [0.05, 0.1) is 16.5 Å². The van der Waals surface area contributed by atoms with Gasteiger partial charge in [-0.1, -0.05) is 188 Å². The van der Waals surface area contributed by atoms with E-state index in [9.17, 15) is 0 Å². The molecule has 0 amide bonds. The minimum absolute atomic E-state index is 0.576. The summed E-state index contributed by atoms with van der Waals surface area (Å²) in [5.41, 5.74) is 18.0. The van der Waals surface area contributed by atoms with Gasteiger partial charge in [-0.05, 0) is 127 Å². The maximum absolute atomic E-state index is 6.79. The maximum Gasteiger partial charge on any atom is 0.137 e. The summed E-state index contributed by atoms with van der Waals surface area (Å²) in [6.07, 6.45) is 0. The summed E-state index contributed by atoms with van der Waals surface area (Å²) in [6.45, 7) is 0. The standard InChI is InChI=1S/C65H41NO2/c1-3-17-43(18-4-1)51-29-15-33-61-63(51)55-41-48(36-38-60(55)67-61)66(58-32-16-34-62-64(58)54-39-44(35-37-59(54)68-62)50-28-13-20-42-19-7-8-25-49(42)50)47-24-14-23-46(40-47)65(45-21-5-2-6-22-45)56-30-11-9-26-52(56)53-27-10-12-31-57(53)65/h1-41H. The van der Waals surface area contributed by atoms with E-state index in [1.54, 1.807) is 0 Å². The number of nitrogens with zero attached hydrogens (tertiary/aromatic N) is 1. The predicted octanol–water partition coefficient (Wildman–Crippen LogP) is 17.8. The van der Waals surface area contributed by atoms with Crippen molar-refractivity contribution in [1.29, 1.82) is 0 Å². The summed E-state index contributed by atoms with van der Waals surface area (Å²) in [4.78, 5) is 2.43. The van der Waals surface area contributed by atoms with Crippen molar-refractivity contribution in [2.45, 2.75) is 5.41 Å². The fourth-order valence-corrected chi connectivity index (χ4v) is 11.5. The summed E-state index contributed by atoms with van der Waals surface area (Å²) in [5, 5.41) is 6.69. The molecule has 0 radical (unpaired) electrons. The molecule has 0 saturated heterocycles. The van der Waals surface area contributed by atoms with E-state index in [0.717, 1.165) is 77.6 Å². The van der Waals surface area contributed by atoms with Gasteiger partial charge in [0.25, 0.3) is 0 Å². The van der Waals surface area contributed by atoms with Crippen molar-refractivity contribution in [1.82, 2.24) is 0 Å². The summed E-state index contributed by atoms with van der Waals surface area (Å²) >= 11 is 0. The van der Waals surface area contributed by atoms with Gasteiger partial charge in [-0.25, -0.2) is 0 Å². The highest BCUT2D eigenvalue weighted by Crippen LogP contribution is 2.57. The van der Waals surface area contributed by atoms with Crippen LogP contribution in [0.2, 0.25) is 0 Å². The van der Waals surface area contributed by atoms with Gasteiger partial charge in [0.15, 0.2) is 0 Å². The van der Waals surface area contributed by atoms with E-state index < -0.39 is 5.41 Å². The van der Waals surface area contributed by atoms with Crippen LogP contribution in [0.1, 0.15) is 22.3 Å². The van der Waals surface area contributed by atoms with Crippen LogP contribution < -0.4 is 4.90 Å². The molecule has 1 aliphatic rings. The molecule has 318 valence electrons. The summed E-state index contributed by atoms with van der Waals surface area (Å²) < 4.78 is 13.4. The molecule has 0 bridgehead atoms. The molecule has 13 aromatic rings. The second-order valence-electron chi connectivity index (χ2n) is 17.9. The zero-order valence-corrected chi connectivity index (χ0v) is 36.9. The largest absolute Gasteiger partial charge is 0.456 e. The first-order valence-corrected chi connectivity index (χ1v) is 23.3. The maximum atomic E-state index is 6.79. The number of anilines is 3. The van der Waals surface area contributed by atoms with Crippen LogP contribution in [0.4, 0.5) is 17.1 Å².